The zero-order valence-electron chi connectivity index (χ0n) is 10.6. The number of methoxy groups -OCH3 is 1. The van der Waals surface area contributed by atoms with Crippen LogP contribution in [-0.2, 0) is 4.79 Å². The van der Waals surface area contributed by atoms with E-state index in [9.17, 15) is 9.59 Å². The molecule has 1 aromatic rings. The summed E-state index contributed by atoms with van der Waals surface area (Å²) >= 11 is 0. The van der Waals surface area contributed by atoms with Crippen LogP contribution < -0.4 is 10.5 Å². The predicted octanol–water partition coefficient (Wildman–Crippen LogP) is 0.323. The quantitative estimate of drug-likeness (QED) is 0.820. The van der Waals surface area contributed by atoms with Crippen molar-refractivity contribution in [2.75, 3.05) is 20.2 Å². The highest BCUT2D eigenvalue weighted by Crippen LogP contribution is 2.22. The smallest absolute Gasteiger partial charge is 0.325 e. The van der Waals surface area contributed by atoms with Gasteiger partial charge in [-0.2, -0.15) is 0 Å². The van der Waals surface area contributed by atoms with Gasteiger partial charge in [-0.3, -0.25) is 9.59 Å². The van der Waals surface area contributed by atoms with Crippen molar-refractivity contribution in [2.45, 2.75) is 12.0 Å². The molecule has 0 aromatic heterocycles. The maximum Gasteiger partial charge on any atom is 0.325 e. The lowest BCUT2D eigenvalue weighted by atomic mass is 10.0. The second-order valence-electron chi connectivity index (χ2n) is 4.67. The van der Waals surface area contributed by atoms with Crippen LogP contribution >= 0.6 is 0 Å². The van der Waals surface area contributed by atoms with Crippen molar-refractivity contribution in [3.05, 3.63) is 29.8 Å². The van der Waals surface area contributed by atoms with Crippen molar-refractivity contribution in [1.29, 1.82) is 0 Å². The first-order valence-electron chi connectivity index (χ1n) is 5.92. The second-order valence-corrected chi connectivity index (χ2v) is 4.67. The van der Waals surface area contributed by atoms with E-state index in [-0.39, 0.29) is 18.9 Å². The molecule has 102 valence electrons. The summed E-state index contributed by atoms with van der Waals surface area (Å²) in [4.78, 5) is 24.7. The fraction of sp³-hybridized carbons (Fsp3) is 0.385. The van der Waals surface area contributed by atoms with Crippen molar-refractivity contribution < 1.29 is 19.4 Å². The number of carboxylic acids is 1. The maximum absolute atomic E-state index is 12.2. The minimum absolute atomic E-state index is 0.0349. The molecule has 1 atom stereocenters. The molecule has 19 heavy (non-hydrogen) atoms. The molecule has 1 unspecified atom stereocenters. The number of nitrogens with two attached hydrogens (primary N) is 1. The summed E-state index contributed by atoms with van der Waals surface area (Å²) in [6, 6.07) is 6.68. The first kappa shape index (κ1) is 13.4. The van der Waals surface area contributed by atoms with Gasteiger partial charge in [-0.25, -0.2) is 0 Å². The van der Waals surface area contributed by atoms with E-state index in [1.54, 1.807) is 31.4 Å². The number of carbonyl (C=O) groups is 2. The molecule has 0 radical (unpaired) electrons. The van der Waals surface area contributed by atoms with Gasteiger partial charge in [-0.1, -0.05) is 0 Å². The highest BCUT2D eigenvalue weighted by atomic mass is 16.5. The summed E-state index contributed by atoms with van der Waals surface area (Å²) in [5.41, 5.74) is 4.90. The van der Waals surface area contributed by atoms with Gasteiger partial charge in [0.25, 0.3) is 5.91 Å². The van der Waals surface area contributed by atoms with E-state index in [0.717, 1.165) is 0 Å². The van der Waals surface area contributed by atoms with Gasteiger partial charge in [0, 0.05) is 18.7 Å². The van der Waals surface area contributed by atoms with Gasteiger partial charge in [-0.15, -0.1) is 0 Å². The average molecular weight is 264 g/mol. The maximum atomic E-state index is 12.2. The fourth-order valence-corrected chi connectivity index (χ4v) is 2.10. The molecule has 1 aliphatic heterocycles. The van der Waals surface area contributed by atoms with Crippen LogP contribution in [-0.4, -0.2) is 47.6 Å². The number of nitrogens with zero attached hydrogens (tertiary/aromatic N) is 1. The molecule has 1 fully saturated rings. The molecule has 1 amide bonds. The van der Waals surface area contributed by atoms with Gasteiger partial charge >= 0.3 is 5.97 Å². The van der Waals surface area contributed by atoms with Crippen molar-refractivity contribution >= 4 is 11.9 Å². The van der Waals surface area contributed by atoms with Crippen LogP contribution in [0.15, 0.2) is 24.3 Å². The van der Waals surface area contributed by atoms with Crippen molar-refractivity contribution in [1.82, 2.24) is 4.90 Å². The van der Waals surface area contributed by atoms with Gasteiger partial charge in [0.1, 0.15) is 11.3 Å². The topological polar surface area (TPSA) is 92.9 Å². The number of carboxylic acid groups (broad SMARTS) is 1. The third kappa shape index (κ3) is 2.53. The van der Waals surface area contributed by atoms with E-state index < -0.39 is 11.5 Å². The Morgan fingerprint density at radius 3 is 2.47 bits per heavy atom. The molecule has 0 spiro atoms. The molecule has 0 aliphatic carbocycles. The van der Waals surface area contributed by atoms with Crippen LogP contribution in [0.5, 0.6) is 5.75 Å². The molecule has 1 aromatic carbocycles. The van der Waals surface area contributed by atoms with Crippen LogP contribution in [0.3, 0.4) is 0 Å². The number of hydrogen-bond donors (Lipinski definition) is 2. The van der Waals surface area contributed by atoms with E-state index in [0.29, 0.717) is 17.9 Å². The van der Waals surface area contributed by atoms with E-state index >= 15 is 0 Å². The van der Waals surface area contributed by atoms with Crippen LogP contribution in [0.25, 0.3) is 0 Å². The Morgan fingerprint density at radius 2 is 2.00 bits per heavy atom. The van der Waals surface area contributed by atoms with E-state index in [2.05, 4.69) is 0 Å². The van der Waals surface area contributed by atoms with E-state index in [1.165, 1.54) is 4.90 Å². The zero-order chi connectivity index (χ0) is 14.0. The molecular formula is C13H16N2O4. The first-order chi connectivity index (χ1) is 8.96. The van der Waals surface area contributed by atoms with Crippen LogP contribution in [0.4, 0.5) is 0 Å². The lowest BCUT2D eigenvalue weighted by Gasteiger charge is -2.20. The highest BCUT2D eigenvalue weighted by molar-refractivity contribution is 5.95. The van der Waals surface area contributed by atoms with Crippen LogP contribution in [0.2, 0.25) is 0 Å². The summed E-state index contributed by atoms with van der Waals surface area (Å²) in [7, 11) is 1.55. The first-order valence-corrected chi connectivity index (χ1v) is 5.92. The fourth-order valence-electron chi connectivity index (χ4n) is 2.10. The van der Waals surface area contributed by atoms with Crippen molar-refractivity contribution in [2.24, 2.45) is 5.73 Å². The zero-order valence-corrected chi connectivity index (χ0v) is 10.6. The number of aliphatic carboxylic acids is 1. The number of ether oxygens (including phenoxy) is 1. The highest BCUT2D eigenvalue weighted by Gasteiger charge is 2.43. The molecular weight excluding hydrogens is 248 g/mol. The van der Waals surface area contributed by atoms with Gasteiger partial charge in [0.15, 0.2) is 0 Å². The summed E-state index contributed by atoms with van der Waals surface area (Å²) < 4.78 is 5.02. The van der Waals surface area contributed by atoms with Crippen molar-refractivity contribution in [3.8, 4) is 5.75 Å². The Hall–Kier alpha value is -2.08. The number of amides is 1. The summed E-state index contributed by atoms with van der Waals surface area (Å²) in [5, 5.41) is 9.03. The van der Waals surface area contributed by atoms with Crippen LogP contribution in [0.1, 0.15) is 16.8 Å². The molecule has 0 saturated carbocycles. The van der Waals surface area contributed by atoms with Gasteiger partial charge in [0.2, 0.25) is 0 Å². The average Bonchev–Trinajstić information content (AvgIpc) is 2.82. The van der Waals surface area contributed by atoms with Gasteiger partial charge in [-0.05, 0) is 30.7 Å². The monoisotopic (exact) mass is 264 g/mol. The molecule has 6 heteroatoms. The number of rotatable bonds is 3. The number of carbonyl (C=O) groups excluding carboxylic acids is 1. The molecule has 1 aliphatic rings. The van der Waals surface area contributed by atoms with Crippen molar-refractivity contribution in [3.63, 3.8) is 0 Å². The molecule has 0 bridgehead atoms. The SMILES string of the molecule is COc1ccc(C(=O)N2CCC(N)(C(=O)O)C2)cc1. The van der Waals surface area contributed by atoms with Crippen LogP contribution in [0, 0.1) is 0 Å². The molecule has 1 saturated heterocycles. The second kappa shape index (κ2) is 4.89. The Morgan fingerprint density at radius 1 is 1.37 bits per heavy atom. The van der Waals surface area contributed by atoms with E-state index in [1.807, 2.05) is 0 Å². The minimum Gasteiger partial charge on any atom is -0.497 e. The molecule has 2 rings (SSSR count). The Bertz CT molecular complexity index is 500. The minimum atomic E-state index is -1.33. The normalized spacial score (nSPS) is 22.3. The Labute approximate surface area is 110 Å². The van der Waals surface area contributed by atoms with E-state index in [4.69, 9.17) is 15.6 Å². The molecule has 1 heterocycles. The number of hydrogen-bond acceptors (Lipinski definition) is 4. The predicted molar refractivity (Wildman–Crippen MR) is 68.1 cm³/mol. The molecule has 6 nitrogen and oxygen atoms in total. The summed E-state index contributed by atoms with van der Waals surface area (Å²) in [6.07, 6.45) is 0.268. The summed E-state index contributed by atoms with van der Waals surface area (Å²) in [5.74, 6) is -0.620. The summed E-state index contributed by atoms with van der Waals surface area (Å²) in [6.45, 7) is 0.390. The Kier molecular flexibility index (Phi) is 3.44. The third-order valence-electron chi connectivity index (χ3n) is 3.35. The Balaban J connectivity index is 2.11. The van der Waals surface area contributed by atoms with Gasteiger partial charge < -0.3 is 20.5 Å². The number of likely N-dealkylation sites (tertiary alicyclic amines) is 1. The van der Waals surface area contributed by atoms with Gasteiger partial charge in [0.05, 0.1) is 7.11 Å². The largest absolute Gasteiger partial charge is 0.497 e. The molecule has 3 N–H and O–H groups in total. The lowest BCUT2D eigenvalue weighted by molar-refractivity contribution is -0.142. The number of benzene rings is 1. The standard InChI is InChI=1S/C13H16N2O4/c1-19-10-4-2-9(3-5-10)11(16)15-7-6-13(14,8-15)12(17)18/h2-5H,6-8,14H2,1H3,(H,17,18). The third-order valence-corrected chi connectivity index (χ3v) is 3.35. The lowest BCUT2D eigenvalue weighted by Crippen LogP contribution is -2.50.